The molecule has 2 aliphatic rings. The molecule has 0 fully saturated rings. The summed E-state index contributed by atoms with van der Waals surface area (Å²) in [6.07, 6.45) is 0.578. The number of hydrazone groups is 1. The summed E-state index contributed by atoms with van der Waals surface area (Å²) in [6, 6.07) is 46.9. The SMILES string of the molecule is c1ccc(-c2ccc(C3=NN4[C@H](C3)c3ccccc3O[C@H]4c3ccc(-c4ccccc4)cc3)cc2)cc1. The van der Waals surface area contributed by atoms with Gasteiger partial charge in [-0.05, 0) is 33.9 Å². The Morgan fingerprint density at radius 1 is 0.541 bits per heavy atom. The molecule has 0 amide bonds. The average Bonchev–Trinajstić information content (AvgIpc) is 3.44. The number of nitrogens with zero attached hydrogens (tertiary/aromatic N) is 2. The highest BCUT2D eigenvalue weighted by Crippen LogP contribution is 2.47. The Hall–Kier alpha value is -4.63. The molecule has 0 radical (unpaired) electrons. The summed E-state index contributed by atoms with van der Waals surface area (Å²) in [4.78, 5) is 0. The smallest absolute Gasteiger partial charge is 0.213 e. The van der Waals surface area contributed by atoms with Gasteiger partial charge in [0.25, 0.3) is 0 Å². The van der Waals surface area contributed by atoms with Crippen molar-refractivity contribution < 1.29 is 4.74 Å². The first-order valence-corrected chi connectivity index (χ1v) is 12.8. The van der Waals surface area contributed by atoms with E-state index in [0.717, 1.165) is 29.0 Å². The summed E-state index contributed by atoms with van der Waals surface area (Å²) < 4.78 is 6.56. The Morgan fingerprint density at radius 3 is 1.70 bits per heavy atom. The molecule has 5 aromatic carbocycles. The number of fused-ring (bicyclic) bond motifs is 3. The molecule has 0 bridgehead atoms. The quantitative estimate of drug-likeness (QED) is 0.260. The van der Waals surface area contributed by atoms with E-state index >= 15 is 0 Å². The van der Waals surface area contributed by atoms with Crippen LogP contribution in [-0.4, -0.2) is 10.7 Å². The number of hydrogen-bond donors (Lipinski definition) is 0. The number of ether oxygens (including phenoxy) is 1. The van der Waals surface area contributed by atoms with E-state index in [9.17, 15) is 0 Å². The summed E-state index contributed by atoms with van der Waals surface area (Å²) >= 11 is 0. The van der Waals surface area contributed by atoms with Gasteiger partial charge in [-0.15, -0.1) is 0 Å². The van der Waals surface area contributed by atoms with Gasteiger partial charge in [0.2, 0.25) is 6.23 Å². The first-order chi connectivity index (χ1) is 18.3. The molecule has 7 rings (SSSR count). The molecule has 0 unspecified atom stereocenters. The predicted molar refractivity (Wildman–Crippen MR) is 149 cm³/mol. The molecule has 0 spiro atoms. The van der Waals surface area contributed by atoms with Gasteiger partial charge in [0.1, 0.15) is 5.75 Å². The number of rotatable bonds is 4. The standard InChI is InChI=1S/C34H26N2O/c1-3-9-24(10-4-1)26-15-19-28(20-16-26)31-23-32-30-13-7-8-14-33(30)37-34(36(32)35-31)29-21-17-27(18-22-29)25-11-5-2-6-12-25/h1-22,32,34H,23H2/t32-,34+/m1/s1. The van der Waals surface area contributed by atoms with E-state index in [4.69, 9.17) is 9.84 Å². The highest BCUT2D eigenvalue weighted by Gasteiger charge is 2.40. The normalized spacial score (nSPS) is 17.9. The summed E-state index contributed by atoms with van der Waals surface area (Å²) in [6.45, 7) is 0. The topological polar surface area (TPSA) is 24.8 Å². The first kappa shape index (κ1) is 21.6. The summed E-state index contributed by atoms with van der Waals surface area (Å²) in [5, 5.41) is 7.30. The van der Waals surface area contributed by atoms with E-state index in [1.165, 1.54) is 27.8 Å². The Labute approximate surface area is 217 Å². The monoisotopic (exact) mass is 478 g/mol. The molecule has 178 valence electrons. The van der Waals surface area contributed by atoms with Gasteiger partial charge in [-0.1, -0.05) is 127 Å². The van der Waals surface area contributed by atoms with E-state index in [2.05, 4.69) is 120 Å². The summed E-state index contributed by atoms with van der Waals surface area (Å²) in [5.74, 6) is 0.941. The van der Waals surface area contributed by atoms with Crippen LogP contribution in [0.3, 0.4) is 0 Å². The van der Waals surface area contributed by atoms with Crippen LogP contribution in [0.2, 0.25) is 0 Å². The zero-order valence-corrected chi connectivity index (χ0v) is 20.4. The van der Waals surface area contributed by atoms with Gasteiger partial charge in [0, 0.05) is 17.5 Å². The molecule has 0 N–H and O–H groups in total. The van der Waals surface area contributed by atoms with E-state index in [1.54, 1.807) is 0 Å². The molecular weight excluding hydrogens is 452 g/mol. The lowest BCUT2D eigenvalue weighted by atomic mass is 9.95. The molecule has 0 aliphatic carbocycles. The lowest BCUT2D eigenvalue weighted by Gasteiger charge is -2.38. The van der Waals surface area contributed by atoms with Crippen molar-refractivity contribution in [3.8, 4) is 28.0 Å². The summed E-state index contributed by atoms with van der Waals surface area (Å²) in [7, 11) is 0. The van der Waals surface area contributed by atoms with E-state index in [-0.39, 0.29) is 12.3 Å². The molecule has 0 saturated heterocycles. The van der Waals surface area contributed by atoms with Gasteiger partial charge in [0.05, 0.1) is 11.8 Å². The van der Waals surface area contributed by atoms with Crippen molar-refractivity contribution >= 4 is 5.71 Å². The molecule has 0 aromatic heterocycles. The van der Waals surface area contributed by atoms with Crippen molar-refractivity contribution in [2.45, 2.75) is 18.7 Å². The highest BCUT2D eigenvalue weighted by molar-refractivity contribution is 6.02. The minimum absolute atomic E-state index is 0.146. The maximum Gasteiger partial charge on any atom is 0.213 e. The molecular formula is C34H26N2O. The van der Waals surface area contributed by atoms with E-state index < -0.39 is 0 Å². The number of para-hydroxylation sites is 1. The predicted octanol–water partition coefficient (Wildman–Crippen LogP) is 8.26. The van der Waals surface area contributed by atoms with Crippen LogP contribution in [0.5, 0.6) is 5.75 Å². The highest BCUT2D eigenvalue weighted by atomic mass is 16.5. The van der Waals surface area contributed by atoms with Gasteiger partial charge < -0.3 is 4.74 Å². The van der Waals surface area contributed by atoms with Crippen LogP contribution in [0.15, 0.2) is 139 Å². The Balaban J connectivity index is 1.22. The van der Waals surface area contributed by atoms with Gasteiger partial charge >= 0.3 is 0 Å². The number of benzene rings is 5. The Morgan fingerprint density at radius 2 is 1.05 bits per heavy atom. The molecule has 0 saturated carbocycles. The third-order valence-corrected chi connectivity index (χ3v) is 7.33. The van der Waals surface area contributed by atoms with Crippen LogP contribution in [-0.2, 0) is 0 Å². The lowest BCUT2D eigenvalue weighted by Crippen LogP contribution is -2.33. The van der Waals surface area contributed by atoms with Crippen molar-refractivity contribution in [1.82, 2.24) is 5.01 Å². The summed E-state index contributed by atoms with van der Waals surface area (Å²) in [5.41, 5.74) is 9.39. The zero-order valence-electron chi connectivity index (χ0n) is 20.4. The van der Waals surface area contributed by atoms with Crippen LogP contribution in [0.1, 0.15) is 35.4 Å². The van der Waals surface area contributed by atoms with Crippen LogP contribution in [0.25, 0.3) is 22.3 Å². The minimum atomic E-state index is -0.272. The van der Waals surface area contributed by atoms with Crippen molar-refractivity contribution in [2.75, 3.05) is 0 Å². The van der Waals surface area contributed by atoms with Crippen LogP contribution < -0.4 is 4.74 Å². The molecule has 2 heterocycles. The fourth-order valence-electron chi connectivity index (χ4n) is 5.39. The Kier molecular flexibility index (Phi) is 5.32. The molecule has 2 atom stereocenters. The largest absolute Gasteiger partial charge is 0.464 e. The third kappa shape index (κ3) is 3.99. The van der Waals surface area contributed by atoms with Gasteiger partial charge in [-0.3, -0.25) is 0 Å². The second-order valence-electron chi connectivity index (χ2n) is 9.59. The van der Waals surface area contributed by atoms with Crippen LogP contribution in [0, 0.1) is 0 Å². The van der Waals surface area contributed by atoms with Gasteiger partial charge in [-0.2, -0.15) is 5.10 Å². The number of hydrogen-bond acceptors (Lipinski definition) is 3. The van der Waals surface area contributed by atoms with Crippen molar-refractivity contribution in [3.63, 3.8) is 0 Å². The van der Waals surface area contributed by atoms with Crippen molar-refractivity contribution in [1.29, 1.82) is 0 Å². The fraction of sp³-hybridized carbons (Fsp3) is 0.0882. The molecule has 3 nitrogen and oxygen atoms in total. The molecule has 3 heteroatoms. The van der Waals surface area contributed by atoms with Crippen LogP contribution >= 0.6 is 0 Å². The maximum atomic E-state index is 6.56. The fourth-order valence-corrected chi connectivity index (χ4v) is 5.39. The molecule has 5 aromatic rings. The minimum Gasteiger partial charge on any atom is -0.464 e. The zero-order chi connectivity index (χ0) is 24.6. The van der Waals surface area contributed by atoms with Crippen molar-refractivity contribution in [3.05, 3.63) is 150 Å². The van der Waals surface area contributed by atoms with Crippen molar-refractivity contribution in [2.24, 2.45) is 5.10 Å². The average molecular weight is 479 g/mol. The molecule has 37 heavy (non-hydrogen) atoms. The second kappa shape index (κ2) is 9.11. The van der Waals surface area contributed by atoms with Crippen LogP contribution in [0.4, 0.5) is 0 Å². The van der Waals surface area contributed by atoms with Gasteiger partial charge in [-0.25, -0.2) is 5.01 Å². The van der Waals surface area contributed by atoms with E-state index in [0.29, 0.717) is 0 Å². The second-order valence-corrected chi connectivity index (χ2v) is 9.59. The molecule has 2 aliphatic heterocycles. The Bertz CT molecular complexity index is 1560. The first-order valence-electron chi connectivity index (χ1n) is 12.8. The van der Waals surface area contributed by atoms with Gasteiger partial charge in [0.15, 0.2) is 0 Å². The lowest BCUT2D eigenvalue weighted by molar-refractivity contribution is -0.0190. The van der Waals surface area contributed by atoms with E-state index in [1.807, 2.05) is 18.2 Å². The third-order valence-electron chi connectivity index (χ3n) is 7.33. The maximum absolute atomic E-state index is 6.56.